The number of hydrogen-bond acceptors (Lipinski definition) is 6. The summed E-state index contributed by atoms with van der Waals surface area (Å²) in [7, 11) is 3.44. The van der Waals surface area contributed by atoms with Gasteiger partial charge in [0.1, 0.15) is 12.1 Å². The highest BCUT2D eigenvalue weighted by Gasteiger charge is 2.11. The molecule has 0 fully saturated rings. The minimum atomic E-state index is -0.438. The number of carbonyl (C=O) groups excluding carboxylic acids is 1. The summed E-state index contributed by atoms with van der Waals surface area (Å²) in [5, 5.41) is 14.8. The van der Waals surface area contributed by atoms with Gasteiger partial charge in [0, 0.05) is 43.7 Å². The second-order valence-electron chi connectivity index (χ2n) is 6.25. The monoisotopic (exact) mass is 365 g/mol. The molecule has 0 aliphatic heterocycles. The van der Waals surface area contributed by atoms with Crippen molar-refractivity contribution in [3.63, 3.8) is 0 Å². The van der Waals surface area contributed by atoms with E-state index in [4.69, 9.17) is 0 Å². The molecule has 8 nitrogen and oxygen atoms in total. The van der Waals surface area contributed by atoms with Crippen LogP contribution < -0.4 is 5.32 Å². The van der Waals surface area contributed by atoms with E-state index in [0.29, 0.717) is 28.8 Å². The van der Waals surface area contributed by atoms with Gasteiger partial charge in [-0.1, -0.05) is 12.1 Å². The molecule has 0 saturated carbocycles. The van der Waals surface area contributed by atoms with Crippen LogP contribution in [-0.4, -0.2) is 46.3 Å². The van der Waals surface area contributed by atoms with Crippen LogP contribution in [0.25, 0.3) is 10.9 Å². The lowest BCUT2D eigenvalue weighted by Gasteiger charge is -2.11. The fourth-order valence-corrected chi connectivity index (χ4v) is 2.70. The predicted molar refractivity (Wildman–Crippen MR) is 103 cm³/mol. The minimum absolute atomic E-state index is 0.00139. The maximum Gasteiger partial charge on any atom is 0.270 e. The van der Waals surface area contributed by atoms with Crippen LogP contribution in [0.15, 0.2) is 48.8 Å². The van der Waals surface area contributed by atoms with Crippen LogP contribution >= 0.6 is 0 Å². The van der Waals surface area contributed by atoms with Crippen molar-refractivity contribution in [2.75, 3.05) is 26.0 Å². The number of hydrogen-bond donors (Lipinski definition) is 1. The number of rotatable bonds is 6. The Morgan fingerprint density at radius 1 is 1.15 bits per heavy atom. The molecule has 0 unspecified atom stereocenters. The van der Waals surface area contributed by atoms with Gasteiger partial charge in [-0.2, -0.15) is 0 Å². The number of anilines is 1. The lowest BCUT2D eigenvalue weighted by molar-refractivity contribution is -0.384. The third-order valence-corrected chi connectivity index (χ3v) is 4.14. The first-order valence-electron chi connectivity index (χ1n) is 8.39. The Morgan fingerprint density at radius 2 is 1.89 bits per heavy atom. The van der Waals surface area contributed by atoms with E-state index in [1.165, 1.54) is 23.4 Å². The number of amides is 1. The smallest absolute Gasteiger partial charge is 0.270 e. The molecule has 8 heteroatoms. The molecule has 3 rings (SSSR count). The van der Waals surface area contributed by atoms with E-state index in [-0.39, 0.29) is 11.6 Å². The molecule has 138 valence electrons. The molecule has 1 N–H and O–H groups in total. The van der Waals surface area contributed by atoms with Crippen molar-refractivity contribution in [2.45, 2.75) is 6.42 Å². The number of nitrogens with one attached hydrogen (secondary N) is 1. The number of nitro benzene ring substituents is 1. The molecule has 3 aromatic rings. The van der Waals surface area contributed by atoms with E-state index < -0.39 is 4.92 Å². The SMILES string of the molecule is CN(C)C(=O)c1ccc(CCNc2ncnc3ccc([N+](=O)[O-])cc23)cc1. The van der Waals surface area contributed by atoms with Gasteiger partial charge in [-0.3, -0.25) is 14.9 Å². The molecule has 2 aromatic carbocycles. The standard InChI is InChI=1S/C19H19N5O3/c1-23(2)19(25)14-5-3-13(4-6-14)9-10-20-18-16-11-15(24(26)27)7-8-17(16)21-12-22-18/h3-8,11-12H,9-10H2,1-2H3,(H,20,21,22). The molecule has 27 heavy (non-hydrogen) atoms. The molecule has 0 radical (unpaired) electrons. The maximum atomic E-state index is 11.9. The largest absolute Gasteiger partial charge is 0.369 e. The molecule has 0 bridgehead atoms. The van der Waals surface area contributed by atoms with Crippen molar-refractivity contribution in [1.29, 1.82) is 0 Å². The van der Waals surface area contributed by atoms with E-state index in [0.717, 1.165) is 12.0 Å². The highest BCUT2D eigenvalue weighted by Crippen LogP contribution is 2.24. The molecular weight excluding hydrogens is 346 g/mol. The zero-order valence-corrected chi connectivity index (χ0v) is 15.0. The van der Waals surface area contributed by atoms with Gasteiger partial charge < -0.3 is 10.2 Å². The quantitative estimate of drug-likeness (QED) is 0.532. The normalized spacial score (nSPS) is 10.6. The van der Waals surface area contributed by atoms with Gasteiger partial charge >= 0.3 is 0 Å². The van der Waals surface area contributed by atoms with Crippen molar-refractivity contribution in [3.8, 4) is 0 Å². The zero-order valence-electron chi connectivity index (χ0n) is 15.0. The van der Waals surface area contributed by atoms with E-state index in [2.05, 4.69) is 15.3 Å². The highest BCUT2D eigenvalue weighted by atomic mass is 16.6. The number of benzene rings is 2. The third-order valence-electron chi connectivity index (χ3n) is 4.14. The summed E-state index contributed by atoms with van der Waals surface area (Å²) in [4.78, 5) is 32.3. The van der Waals surface area contributed by atoms with Crippen LogP contribution in [-0.2, 0) is 6.42 Å². The summed E-state index contributed by atoms with van der Waals surface area (Å²) in [6.07, 6.45) is 2.15. The first-order valence-corrected chi connectivity index (χ1v) is 8.39. The Kier molecular flexibility index (Phi) is 5.25. The first kappa shape index (κ1) is 18.2. The summed E-state index contributed by atoms with van der Waals surface area (Å²) < 4.78 is 0. The number of carbonyl (C=O) groups is 1. The molecule has 1 amide bonds. The highest BCUT2D eigenvalue weighted by molar-refractivity contribution is 5.94. The summed E-state index contributed by atoms with van der Waals surface area (Å²) in [6, 6.07) is 12.0. The Balaban J connectivity index is 1.69. The van der Waals surface area contributed by atoms with E-state index in [1.807, 2.05) is 12.1 Å². The van der Waals surface area contributed by atoms with E-state index >= 15 is 0 Å². The molecule has 0 aliphatic rings. The van der Waals surface area contributed by atoms with Gasteiger partial charge in [-0.15, -0.1) is 0 Å². The maximum absolute atomic E-state index is 11.9. The molecule has 0 atom stereocenters. The van der Waals surface area contributed by atoms with Crippen LogP contribution in [0.4, 0.5) is 11.5 Å². The second-order valence-corrected chi connectivity index (χ2v) is 6.25. The molecule has 0 spiro atoms. The Labute approximate surface area is 156 Å². The van der Waals surface area contributed by atoms with E-state index in [1.54, 1.807) is 32.3 Å². The average Bonchev–Trinajstić information content (AvgIpc) is 2.67. The fraction of sp³-hybridized carbons (Fsp3) is 0.211. The summed E-state index contributed by atoms with van der Waals surface area (Å²) >= 11 is 0. The van der Waals surface area contributed by atoms with Crippen molar-refractivity contribution in [1.82, 2.24) is 14.9 Å². The van der Waals surface area contributed by atoms with Gasteiger partial charge in [0.05, 0.1) is 10.4 Å². The number of non-ortho nitro benzene ring substituents is 1. The molecule has 1 aromatic heterocycles. The van der Waals surface area contributed by atoms with Gasteiger partial charge in [0.15, 0.2) is 0 Å². The van der Waals surface area contributed by atoms with Crippen LogP contribution in [0.3, 0.4) is 0 Å². The summed E-state index contributed by atoms with van der Waals surface area (Å²) in [5.41, 5.74) is 2.36. The van der Waals surface area contributed by atoms with Crippen LogP contribution in [0.2, 0.25) is 0 Å². The Bertz CT molecular complexity index is 986. The summed E-state index contributed by atoms with van der Waals surface area (Å²) in [5.74, 6) is 0.525. The summed E-state index contributed by atoms with van der Waals surface area (Å²) in [6.45, 7) is 0.593. The average molecular weight is 365 g/mol. The van der Waals surface area contributed by atoms with Crippen molar-refractivity contribution in [2.24, 2.45) is 0 Å². The van der Waals surface area contributed by atoms with Crippen LogP contribution in [0, 0.1) is 10.1 Å². The lowest BCUT2D eigenvalue weighted by Crippen LogP contribution is -2.21. The number of fused-ring (bicyclic) bond motifs is 1. The van der Waals surface area contributed by atoms with Crippen molar-refractivity contribution < 1.29 is 9.72 Å². The predicted octanol–water partition coefficient (Wildman–Crippen LogP) is 2.89. The van der Waals surface area contributed by atoms with Crippen molar-refractivity contribution in [3.05, 3.63) is 70.0 Å². The topological polar surface area (TPSA) is 101 Å². The van der Waals surface area contributed by atoms with Crippen molar-refractivity contribution >= 4 is 28.3 Å². The van der Waals surface area contributed by atoms with Gasteiger partial charge in [-0.25, -0.2) is 9.97 Å². The lowest BCUT2D eigenvalue weighted by atomic mass is 10.1. The fourth-order valence-electron chi connectivity index (χ4n) is 2.70. The Morgan fingerprint density at radius 3 is 2.56 bits per heavy atom. The molecular formula is C19H19N5O3. The van der Waals surface area contributed by atoms with Crippen LogP contribution in [0.5, 0.6) is 0 Å². The van der Waals surface area contributed by atoms with Gasteiger partial charge in [0.25, 0.3) is 11.6 Å². The second kappa shape index (κ2) is 7.77. The minimum Gasteiger partial charge on any atom is -0.369 e. The number of nitro groups is 1. The van der Waals surface area contributed by atoms with Gasteiger partial charge in [-0.05, 0) is 30.2 Å². The molecule has 0 saturated heterocycles. The van der Waals surface area contributed by atoms with Gasteiger partial charge in [0.2, 0.25) is 0 Å². The third kappa shape index (κ3) is 4.17. The van der Waals surface area contributed by atoms with E-state index in [9.17, 15) is 14.9 Å². The number of aromatic nitrogens is 2. The van der Waals surface area contributed by atoms with Crippen LogP contribution in [0.1, 0.15) is 15.9 Å². The Hall–Kier alpha value is -3.55. The zero-order chi connectivity index (χ0) is 19.4. The first-order chi connectivity index (χ1) is 13.0. The molecule has 0 aliphatic carbocycles. The molecule has 1 heterocycles. The number of nitrogens with zero attached hydrogens (tertiary/aromatic N) is 4.